The number of thiophene rings is 1. The van der Waals surface area contributed by atoms with E-state index in [0.717, 1.165) is 35.7 Å². The molecular weight excluding hydrogens is 412 g/mol. The Morgan fingerprint density at radius 3 is 2.71 bits per heavy atom. The predicted octanol–water partition coefficient (Wildman–Crippen LogP) is 3.84. The Bertz CT molecular complexity index is 1010. The fourth-order valence-electron chi connectivity index (χ4n) is 4.37. The lowest BCUT2D eigenvalue weighted by atomic mass is 9.98. The molecule has 0 radical (unpaired) electrons. The minimum absolute atomic E-state index is 0.0872. The molecule has 2 aliphatic heterocycles. The van der Waals surface area contributed by atoms with Gasteiger partial charge >= 0.3 is 0 Å². The van der Waals surface area contributed by atoms with Crippen molar-refractivity contribution in [1.29, 1.82) is 0 Å². The number of hydrogen-bond acceptors (Lipinski definition) is 6. The summed E-state index contributed by atoms with van der Waals surface area (Å²) in [6.07, 6.45) is 0.840. The van der Waals surface area contributed by atoms with Gasteiger partial charge in [-0.2, -0.15) is 0 Å². The van der Waals surface area contributed by atoms with Gasteiger partial charge in [0.25, 0.3) is 11.7 Å². The second-order valence-electron chi connectivity index (χ2n) is 7.99. The summed E-state index contributed by atoms with van der Waals surface area (Å²) in [5.41, 5.74) is 1.71. The Labute approximate surface area is 186 Å². The van der Waals surface area contributed by atoms with Gasteiger partial charge in [-0.25, -0.2) is 0 Å². The Kier molecular flexibility index (Phi) is 6.16. The van der Waals surface area contributed by atoms with Crippen molar-refractivity contribution in [2.24, 2.45) is 0 Å². The third-order valence-electron chi connectivity index (χ3n) is 6.07. The number of hydrogen-bond donors (Lipinski definition) is 1. The van der Waals surface area contributed by atoms with E-state index in [4.69, 9.17) is 4.74 Å². The average Bonchev–Trinajstić information content (AvgIpc) is 3.47. The molecule has 164 valence electrons. The predicted molar refractivity (Wildman–Crippen MR) is 121 cm³/mol. The molecule has 2 aliphatic rings. The topological polar surface area (TPSA) is 70.1 Å². The van der Waals surface area contributed by atoms with Crippen LogP contribution in [0.25, 0.3) is 5.76 Å². The highest BCUT2D eigenvalue weighted by Crippen LogP contribution is 2.41. The Morgan fingerprint density at radius 1 is 1.26 bits per heavy atom. The van der Waals surface area contributed by atoms with Crippen molar-refractivity contribution in [3.05, 3.63) is 57.3 Å². The second kappa shape index (κ2) is 8.85. The summed E-state index contributed by atoms with van der Waals surface area (Å²) in [7, 11) is 0. The van der Waals surface area contributed by atoms with E-state index in [1.165, 1.54) is 11.3 Å². The van der Waals surface area contributed by atoms with E-state index >= 15 is 0 Å². The molecule has 6 nitrogen and oxygen atoms in total. The number of rotatable bonds is 7. The SMILES string of the molecule is CCN(CC)CCN1C(=O)C(=O)C(=C(O)c2ccc3c(c2)C[C@@H](C)O3)[C@@H]1c1cccs1. The molecule has 4 rings (SSSR count). The summed E-state index contributed by atoms with van der Waals surface area (Å²) < 4.78 is 5.75. The molecule has 0 aliphatic carbocycles. The number of fused-ring (bicyclic) bond motifs is 1. The highest BCUT2D eigenvalue weighted by Gasteiger charge is 2.46. The maximum atomic E-state index is 13.1. The number of Topliss-reactive ketones (excluding diaryl/α,β-unsaturated/α-hetero) is 1. The van der Waals surface area contributed by atoms with E-state index in [9.17, 15) is 14.7 Å². The quantitative estimate of drug-likeness (QED) is 0.403. The molecule has 1 amide bonds. The number of ketones is 1. The number of likely N-dealkylation sites (tertiary alicyclic amines) is 1. The molecule has 1 aromatic heterocycles. The third-order valence-corrected chi connectivity index (χ3v) is 7.00. The molecule has 31 heavy (non-hydrogen) atoms. The van der Waals surface area contributed by atoms with Crippen LogP contribution in [0.5, 0.6) is 5.75 Å². The molecule has 1 N–H and O–H groups in total. The molecule has 2 atom stereocenters. The van der Waals surface area contributed by atoms with Crippen molar-refractivity contribution in [3.63, 3.8) is 0 Å². The van der Waals surface area contributed by atoms with Crippen LogP contribution in [0.2, 0.25) is 0 Å². The summed E-state index contributed by atoms with van der Waals surface area (Å²) >= 11 is 1.49. The summed E-state index contributed by atoms with van der Waals surface area (Å²) in [6.45, 7) is 9.01. The highest BCUT2D eigenvalue weighted by atomic mass is 32.1. The minimum Gasteiger partial charge on any atom is -0.507 e. The summed E-state index contributed by atoms with van der Waals surface area (Å²) in [5.74, 6) is -0.492. The number of ether oxygens (including phenoxy) is 1. The molecule has 0 saturated carbocycles. The van der Waals surface area contributed by atoms with Gasteiger partial charge in [-0.3, -0.25) is 9.59 Å². The van der Waals surface area contributed by atoms with Crippen molar-refractivity contribution in [2.45, 2.75) is 39.3 Å². The van der Waals surface area contributed by atoms with Crippen LogP contribution in [-0.4, -0.2) is 58.9 Å². The lowest BCUT2D eigenvalue weighted by Gasteiger charge is -2.27. The minimum atomic E-state index is -0.624. The van der Waals surface area contributed by atoms with Gasteiger partial charge in [0, 0.05) is 30.0 Å². The number of likely N-dealkylation sites (N-methyl/N-ethyl adjacent to an activating group) is 1. The molecule has 0 spiro atoms. The first-order valence-electron chi connectivity index (χ1n) is 10.8. The molecule has 0 bridgehead atoms. The van der Waals surface area contributed by atoms with Crippen LogP contribution in [0.3, 0.4) is 0 Å². The van der Waals surface area contributed by atoms with E-state index in [-0.39, 0.29) is 17.4 Å². The first kappa shape index (κ1) is 21.6. The van der Waals surface area contributed by atoms with Crippen molar-refractivity contribution < 1.29 is 19.4 Å². The van der Waals surface area contributed by atoms with Gasteiger partial charge in [0.05, 0.1) is 11.6 Å². The zero-order valence-electron chi connectivity index (χ0n) is 18.1. The average molecular weight is 441 g/mol. The molecule has 7 heteroatoms. The van der Waals surface area contributed by atoms with Crippen LogP contribution in [-0.2, 0) is 16.0 Å². The van der Waals surface area contributed by atoms with Gasteiger partial charge in [0.15, 0.2) is 0 Å². The van der Waals surface area contributed by atoms with E-state index in [1.807, 2.05) is 36.6 Å². The van der Waals surface area contributed by atoms with Crippen LogP contribution in [0.1, 0.15) is 42.8 Å². The number of aliphatic hydroxyl groups is 1. The monoisotopic (exact) mass is 440 g/mol. The van der Waals surface area contributed by atoms with E-state index in [0.29, 0.717) is 18.7 Å². The first-order chi connectivity index (χ1) is 14.9. The van der Waals surface area contributed by atoms with Crippen molar-refractivity contribution in [3.8, 4) is 5.75 Å². The molecule has 1 saturated heterocycles. The summed E-state index contributed by atoms with van der Waals surface area (Å²) in [5, 5.41) is 13.1. The molecule has 0 unspecified atom stereocenters. The van der Waals surface area contributed by atoms with Gasteiger partial charge in [-0.05, 0) is 55.2 Å². The van der Waals surface area contributed by atoms with Gasteiger partial charge in [0.1, 0.15) is 17.6 Å². The Morgan fingerprint density at radius 2 is 2.03 bits per heavy atom. The van der Waals surface area contributed by atoms with E-state index in [1.54, 1.807) is 11.0 Å². The van der Waals surface area contributed by atoms with Crippen LogP contribution in [0.15, 0.2) is 41.3 Å². The summed E-state index contributed by atoms with van der Waals surface area (Å²) in [6, 6.07) is 8.68. The summed E-state index contributed by atoms with van der Waals surface area (Å²) in [4.78, 5) is 30.7. The molecular formula is C24H28N2O4S. The molecule has 1 fully saturated rings. The van der Waals surface area contributed by atoms with Crippen LogP contribution in [0.4, 0.5) is 0 Å². The van der Waals surface area contributed by atoms with Crippen LogP contribution in [0, 0.1) is 0 Å². The maximum Gasteiger partial charge on any atom is 0.295 e. The lowest BCUT2D eigenvalue weighted by molar-refractivity contribution is -0.140. The van der Waals surface area contributed by atoms with Gasteiger partial charge in [-0.15, -0.1) is 11.3 Å². The van der Waals surface area contributed by atoms with Gasteiger partial charge in [0.2, 0.25) is 0 Å². The number of carbonyl (C=O) groups is 2. The molecule has 2 aromatic rings. The number of aliphatic hydroxyl groups excluding tert-OH is 1. The van der Waals surface area contributed by atoms with Gasteiger partial charge in [-0.1, -0.05) is 19.9 Å². The number of benzene rings is 1. The van der Waals surface area contributed by atoms with Crippen molar-refractivity contribution in [1.82, 2.24) is 9.80 Å². The lowest BCUT2D eigenvalue weighted by Crippen LogP contribution is -2.37. The second-order valence-corrected chi connectivity index (χ2v) is 8.97. The largest absolute Gasteiger partial charge is 0.507 e. The number of nitrogens with zero attached hydrogens (tertiary/aromatic N) is 2. The zero-order chi connectivity index (χ0) is 22.1. The standard InChI is InChI=1S/C24H28N2O4S/c1-4-25(5-2)10-11-26-21(19-7-6-12-31-19)20(23(28)24(26)29)22(27)16-8-9-18-17(14-16)13-15(3)30-18/h6-9,12,14-15,21,27H,4-5,10-11,13H2,1-3H3/t15-,21+/m1/s1. The highest BCUT2D eigenvalue weighted by molar-refractivity contribution is 7.10. The molecule has 3 heterocycles. The number of carbonyl (C=O) groups excluding carboxylic acids is 2. The van der Waals surface area contributed by atoms with Crippen LogP contribution >= 0.6 is 11.3 Å². The number of amides is 1. The van der Waals surface area contributed by atoms with E-state index < -0.39 is 17.7 Å². The van der Waals surface area contributed by atoms with Crippen molar-refractivity contribution >= 4 is 28.8 Å². The Hall–Kier alpha value is -2.64. The maximum absolute atomic E-state index is 13.1. The third kappa shape index (κ3) is 4.00. The fraction of sp³-hybridized carbons (Fsp3) is 0.417. The fourth-order valence-corrected chi connectivity index (χ4v) is 5.21. The van der Waals surface area contributed by atoms with Crippen molar-refractivity contribution in [2.75, 3.05) is 26.2 Å². The van der Waals surface area contributed by atoms with E-state index in [2.05, 4.69) is 18.7 Å². The molecule has 1 aromatic carbocycles. The smallest absolute Gasteiger partial charge is 0.295 e. The first-order valence-corrected chi connectivity index (χ1v) is 11.7. The van der Waals surface area contributed by atoms with Gasteiger partial charge < -0.3 is 19.6 Å². The Balaban J connectivity index is 1.74. The zero-order valence-corrected chi connectivity index (χ0v) is 18.9. The van der Waals surface area contributed by atoms with Crippen LogP contribution < -0.4 is 4.74 Å². The normalized spacial score (nSPS) is 22.3.